The van der Waals surface area contributed by atoms with E-state index < -0.39 is 0 Å². The molecule has 50 heavy (non-hydrogen) atoms. The summed E-state index contributed by atoms with van der Waals surface area (Å²) in [6.07, 6.45) is 8.90. The topological polar surface area (TPSA) is 111 Å². The molecule has 9 heteroatoms. The number of hydrogen-bond acceptors (Lipinski definition) is 8. The van der Waals surface area contributed by atoms with E-state index >= 15 is 0 Å². The Morgan fingerprint density at radius 3 is 1.94 bits per heavy atom. The molecule has 0 aliphatic carbocycles. The van der Waals surface area contributed by atoms with Gasteiger partial charge in [-0.3, -0.25) is 24.1 Å². The highest BCUT2D eigenvalue weighted by molar-refractivity contribution is 7.98. The molecule has 0 saturated carbocycles. The Balaban J connectivity index is 0.000000171. The minimum atomic E-state index is -0.169. The summed E-state index contributed by atoms with van der Waals surface area (Å²) in [6.45, 7) is 2.25. The van der Waals surface area contributed by atoms with E-state index in [1.165, 1.54) is 17.1 Å². The van der Waals surface area contributed by atoms with Crippen LogP contribution < -0.4 is 5.56 Å². The smallest absolute Gasteiger partial charge is 0.310 e. The van der Waals surface area contributed by atoms with Crippen LogP contribution in [0.25, 0.3) is 43.9 Å². The molecule has 0 spiro atoms. The fourth-order valence-corrected chi connectivity index (χ4v) is 5.78. The highest BCUT2D eigenvalue weighted by Crippen LogP contribution is 2.31. The number of ether oxygens (including phenoxy) is 1. The number of carbonyl (C=O) groups excluding carboxylic acids is 1. The molecule has 3 heterocycles. The lowest BCUT2D eigenvalue weighted by Gasteiger charge is -2.14. The molecule has 0 aliphatic rings. The molecule has 0 fully saturated rings. The van der Waals surface area contributed by atoms with E-state index in [2.05, 4.69) is 34.2 Å². The van der Waals surface area contributed by atoms with Crippen molar-refractivity contribution in [3.63, 3.8) is 0 Å². The van der Waals surface area contributed by atoms with Crippen molar-refractivity contribution in [3.05, 3.63) is 155 Å². The summed E-state index contributed by atoms with van der Waals surface area (Å²) < 4.78 is 6.53. The molecule has 4 aromatic carbocycles. The predicted octanol–water partition coefficient (Wildman–Crippen LogP) is 8.28. The lowest BCUT2D eigenvalue weighted by Crippen LogP contribution is -2.22. The van der Waals surface area contributed by atoms with Crippen LogP contribution >= 0.6 is 11.8 Å². The van der Waals surface area contributed by atoms with Gasteiger partial charge in [0.2, 0.25) is 0 Å². The minimum absolute atomic E-state index is 0.0496. The Morgan fingerprint density at radius 2 is 1.36 bits per heavy atom. The first kappa shape index (κ1) is 35.2. The molecule has 0 unspecified atom stereocenters. The fourth-order valence-electron chi connectivity index (χ4n) is 5.24. The molecule has 0 amide bonds. The summed E-state index contributed by atoms with van der Waals surface area (Å²) in [4.78, 5) is 37.1. The largest absolute Gasteiger partial charge is 0.466 e. The first-order valence-electron chi connectivity index (χ1n) is 15.9. The number of fused-ring (bicyclic) bond motifs is 2. The lowest BCUT2D eigenvalue weighted by molar-refractivity contribution is -0.142. The minimum Gasteiger partial charge on any atom is -0.466 e. The second-order valence-corrected chi connectivity index (χ2v) is 11.8. The SMILES string of the molecule is CCOC(=O)Cc1ccc2ccccc2c1.CSc1nc(-c2ccncc2)c(-c2ccc3ccccc3c2)c(=O)n1C.N#Cc1ccncc1. The van der Waals surface area contributed by atoms with Gasteiger partial charge in [-0.2, -0.15) is 5.26 Å². The molecular weight excluding hydrogens is 643 g/mol. The lowest BCUT2D eigenvalue weighted by atomic mass is 9.98. The molecule has 0 atom stereocenters. The highest BCUT2D eigenvalue weighted by Gasteiger charge is 2.18. The summed E-state index contributed by atoms with van der Waals surface area (Å²) in [7, 11) is 1.77. The zero-order valence-electron chi connectivity index (χ0n) is 28.0. The van der Waals surface area contributed by atoms with Crippen LogP contribution in [0, 0.1) is 11.3 Å². The van der Waals surface area contributed by atoms with Crippen molar-refractivity contribution in [3.8, 4) is 28.5 Å². The number of benzene rings is 4. The fraction of sp³-hybridized carbons (Fsp3) is 0.122. The van der Waals surface area contributed by atoms with E-state index in [9.17, 15) is 9.59 Å². The Hall–Kier alpha value is -6.11. The number of hydrogen-bond donors (Lipinski definition) is 0. The maximum atomic E-state index is 13.2. The molecule has 7 rings (SSSR count). The molecule has 0 saturated heterocycles. The Kier molecular flexibility index (Phi) is 12.2. The third kappa shape index (κ3) is 8.86. The van der Waals surface area contributed by atoms with Gasteiger partial charge in [0.25, 0.3) is 5.56 Å². The van der Waals surface area contributed by atoms with Gasteiger partial charge in [-0.15, -0.1) is 0 Å². The highest BCUT2D eigenvalue weighted by atomic mass is 32.2. The van der Waals surface area contributed by atoms with Gasteiger partial charge < -0.3 is 4.74 Å². The third-order valence-electron chi connectivity index (χ3n) is 7.70. The number of nitrogens with zero attached hydrogens (tertiary/aromatic N) is 5. The number of rotatable bonds is 6. The maximum absolute atomic E-state index is 13.2. The average Bonchev–Trinajstić information content (AvgIpc) is 3.17. The zero-order valence-corrected chi connectivity index (χ0v) is 28.8. The normalized spacial score (nSPS) is 10.3. The molecule has 0 N–H and O–H groups in total. The van der Waals surface area contributed by atoms with Gasteiger partial charge >= 0.3 is 5.97 Å². The summed E-state index contributed by atoms with van der Waals surface area (Å²) >= 11 is 1.46. The van der Waals surface area contributed by atoms with Gasteiger partial charge in [0, 0.05) is 37.4 Å². The second-order valence-electron chi connectivity index (χ2n) is 11.0. The summed E-state index contributed by atoms with van der Waals surface area (Å²) in [5, 5.41) is 13.5. The predicted molar refractivity (Wildman–Crippen MR) is 201 cm³/mol. The molecular formula is C41H35N5O3S. The molecule has 7 aromatic rings. The van der Waals surface area contributed by atoms with Gasteiger partial charge in [-0.1, -0.05) is 90.6 Å². The first-order chi connectivity index (χ1) is 24.4. The first-order valence-corrected chi connectivity index (χ1v) is 17.1. The van der Waals surface area contributed by atoms with Crippen molar-refractivity contribution >= 4 is 39.3 Å². The van der Waals surface area contributed by atoms with Crippen LogP contribution in [0.1, 0.15) is 18.1 Å². The Labute approximate surface area is 295 Å². The number of pyridine rings is 2. The standard InChI is InChI=1S/C21H17N3OS.C14H14O2.C6H4N2/c1-24-20(25)18(17-8-7-14-5-3-4-6-16(14)13-17)19(23-21(24)26-2)15-9-11-22-12-10-15;1-2-16-14(15)10-11-7-8-12-5-3-4-6-13(12)9-11;7-5-6-1-3-8-4-2-6/h3-13H,1-2H3;3-9H,2,10H2,1H3;1-4H. The second kappa shape index (κ2) is 17.3. The molecule has 8 nitrogen and oxygen atoms in total. The van der Waals surface area contributed by atoms with Crippen LogP contribution in [0.15, 0.2) is 144 Å². The van der Waals surface area contributed by atoms with E-state index in [4.69, 9.17) is 15.0 Å². The quantitative estimate of drug-likeness (QED) is 0.0983. The van der Waals surface area contributed by atoms with Crippen LogP contribution in [0.2, 0.25) is 0 Å². The molecule has 248 valence electrons. The maximum Gasteiger partial charge on any atom is 0.310 e. The Bertz CT molecular complexity index is 2320. The van der Waals surface area contributed by atoms with Gasteiger partial charge in [0.15, 0.2) is 5.16 Å². The van der Waals surface area contributed by atoms with Crippen LogP contribution in [-0.2, 0) is 23.0 Å². The van der Waals surface area contributed by atoms with Gasteiger partial charge in [0.1, 0.15) is 0 Å². The van der Waals surface area contributed by atoms with Gasteiger partial charge in [-0.05, 0) is 76.2 Å². The molecule has 3 aromatic heterocycles. The van der Waals surface area contributed by atoms with Crippen molar-refractivity contribution in [2.45, 2.75) is 18.5 Å². The van der Waals surface area contributed by atoms with Crippen molar-refractivity contribution in [1.29, 1.82) is 5.26 Å². The van der Waals surface area contributed by atoms with E-state index in [1.807, 2.05) is 92.0 Å². The van der Waals surface area contributed by atoms with Gasteiger partial charge in [-0.25, -0.2) is 4.98 Å². The number of carbonyl (C=O) groups is 1. The van der Waals surface area contributed by atoms with Crippen LogP contribution in [0.4, 0.5) is 0 Å². The third-order valence-corrected chi connectivity index (χ3v) is 8.43. The Morgan fingerprint density at radius 1 is 0.780 bits per heavy atom. The number of esters is 1. The summed E-state index contributed by atoms with van der Waals surface area (Å²) in [5.74, 6) is -0.169. The van der Waals surface area contributed by atoms with Crippen molar-refractivity contribution in [1.82, 2.24) is 19.5 Å². The number of thioether (sulfide) groups is 1. The summed E-state index contributed by atoms with van der Waals surface area (Å²) in [6, 6.07) is 37.5. The van der Waals surface area contributed by atoms with Crippen LogP contribution in [0.5, 0.6) is 0 Å². The van der Waals surface area contributed by atoms with E-state index in [1.54, 1.807) is 48.5 Å². The molecule has 0 aliphatic heterocycles. The monoisotopic (exact) mass is 677 g/mol. The van der Waals surface area contributed by atoms with E-state index in [-0.39, 0.29) is 11.5 Å². The van der Waals surface area contributed by atoms with Gasteiger partial charge in [0.05, 0.1) is 35.9 Å². The number of nitriles is 1. The molecule has 0 radical (unpaired) electrons. The zero-order chi connectivity index (χ0) is 35.3. The van der Waals surface area contributed by atoms with Crippen LogP contribution in [0.3, 0.4) is 0 Å². The summed E-state index contributed by atoms with van der Waals surface area (Å²) in [5.41, 5.74) is 4.66. The molecule has 0 bridgehead atoms. The average molecular weight is 678 g/mol. The van der Waals surface area contributed by atoms with Crippen molar-refractivity contribution in [2.24, 2.45) is 7.05 Å². The van der Waals surface area contributed by atoms with E-state index in [0.717, 1.165) is 32.8 Å². The van der Waals surface area contributed by atoms with Crippen molar-refractivity contribution in [2.75, 3.05) is 12.9 Å². The number of aromatic nitrogens is 4. The van der Waals surface area contributed by atoms with E-state index in [0.29, 0.717) is 35.0 Å². The van der Waals surface area contributed by atoms with Crippen LogP contribution in [-0.4, -0.2) is 38.4 Å². The van der Waals surface area contributed by atoms with Crippen molar-refractivity contribution < 1.29 is 9.53 Å².